The van der Waals surface area contributed by atoms with Gasteiger partial charge in [0.2, 0.25) is 10.0 Å². The molecular weight excluding hydrogens is 240 g/mol. The maximum absolute atomic E-state index is 12.4. The quantitative estimate of drug-likeness (QED) is 0.717. The standard InChI is InChI=1S/C11H24N2O3S/c1-10(2)13(8-3-9-14)17(15,16)11-4-6-12-7-5-11/h10-12,14H,3-9H2,1-2H3. The summed E-state index contributed by atoms with van der Waals surface area (Å²) in [6.45, 7) is 5.77. The zero-order valence-corrected chi connectivity index (χ0v) is 11.5. The number of rotatable bonds is 6. The Morgan fingerprint density at radius 1 is 1.35 bits per heavy atom. The van der Waals surface area contributed by atoms with Gasteiger partial charge in [0, 0.05) is 19.2 Å². The summed E-state index contributed by atoms with van der Waals surface area (Å²) in [4.78, 5) is 0. The molecule has 1 aliphatic heterocycles. The summed E-state index contributed by atoms with van der Waals surface area (Å²) in [7, 11) is -3.21. The lowest BCUT2D eigenvalue weighted by atomic mass is 10.2. The predicted molar refractivity (Wildman–Crippen MR) is 68.4 cm³/mol. The first kappa shape index (κ1) is 14.9. The molecule has 0 unspecified atom stereocenters. The van der Waals surface area contributed by atoms with Crippen LogP contribution in [0.3, 0.4) is 0 Å². The van der Waals surface area contributed by atoms with E-state index in [0.29, 0.717) is 25.8 Å². The number of aliphatic hydroxyl groups excluding tert-OH is 1. The van der Waals surface area contributed by atoms with Gasteiger partial charge in [0.15, 0.2) is 0 Å². The van der Waals surface area contributed by atoms with Gasteiger partial charge >= 0.3 is 0 Å². The normalized spacial score (nSPS) is 19.1. The Morgan fingerprint density at radius 2 is 1.94 bits per heavy atom. The van der Waals surface area contributed by atoms with Gasteiger partial charge in [-0.15, -0.1) is 0 Å². The van der Waals surface area contributed by atoms with E-state index in [1.165, 1.54) is 0 Å². The van der Waals surface area contributed by atoms with Crippen molar-refractivity contribution in [2.24, 2.45) is 0 Å². The molecule has 0 spiro atoms. The van der Waals surface area contributed by atoms with Crippen LogP contribution in [0.15, 0.2) is 0 Å². The van der Waals surface area contributed by atoms with Gasteiger partial charge in [0.1, 0.15) is 0 Å². The van der Waals surface area contributed by atoms with Gasteiger partial charge in [-0.2, -0.15) is 4.31 Å². The van der Waals surface area contributed by atoms with E-state index in [2.05, 4.69) is 5.32 Å². The third-order valence-corrected chi connectivity index (χ3v) is 5.72. The lowest BCUT2D eigenvalue weighted by molar-refractivity contribution is 0.256. The molecule has 0 amide bonds. The van der Waals surface area contributed by atoms with Crippen molar-refractivity contribution in [2.45, 2.75) is 44.4 Å². The smallest absolute Gasteiger partial charge is 0.217 e. The molecule has 0 saturated carbocycles. The lowest BCUT2D eigenvalue weighted by Gasteiger charge is -2.32. The van der Waals surface area contributed by atoms with Crippen LogP contribution in [-0.4, -0.2) is 55.4 Å². The molecule has 1 aliphatic rings. The number of nitrogens with zero attached hydrogens (tertiary/aromatic N) is 1. The van der Waals surface area contributed by atoms with Crippen molar-refractivity contribution in [3.63, 3.8) is 0 Å². The molecule has 102 valence electrons. The van der Waals surface area contributed by atoms with E-state index < -0.39 is 10.0 Å². The van der Waals surface area contributed by atoms with Gasteiger partial charge in [-0.1, -0.05) is 0 Å². The average Bonchev–Trinajstić information content (AvgIpc) is 2.30. The summed E-state index contributed by atoms with van der Waals surface area (Å²) in [6.07, 6.45) is 1.87. The van der Waals surface area contributed by atoms with Crippen molar-refractivity contribution in [2.75, 3.05) is 26.2 Å². The van der Waals surface area contributed by atoms with Crippen LogP contribution in [0.4, 0.5) is 0 Å². The molecule has 0 bridgehead atoms. The number of hydrogen-bond acceptors (Lipinski definition) is 4. The number of aliphatic hydroxyl groups is 1. The topological polar surface area (TPSA) is 69.6 Å². The summed E-state index contributed by atoms with van der Waals surface area (Å²) in [5.74, 6) is 0. The maximum Gasteiger partial charge on any atom is 0.217 e. The van der Waals surface area contributed by atoms with Gasteiger partial charge in [0.05, 0.1) is 5.25 Å². The lowest BCUT2D eigenvalue weighted by Crippen LogP contribution is -2.47. The fourth-order valence-corrected chi connectivity index (χ4v) is 4.38. The molecule has 1 fully saturated rings. The van der Waals surface area contributed by atoms with Crippen LogP contribution in [0.1, 0.15) is 33.1 Å². The highest BCUT2D eigenvalue weighted by Gasteiger charge is 2.33. The van der Waals surface area contributed by atoms with E-state index in [0.717, 1.165) is 13.1 Å². The van der Waals surface area contributed by atoms with Crippen LogP contribution >= 0.6 is 0 Å². The second kappa shape index (κ2) is 6.68. The largest absolute Gasteiger partial charge is 0.396 e. The molecule has 2 N–H and O–H groups in total. The van der Waals surface area contributed by atoms with Crippen molar-refractivity contribution in [3.8, 4) is 0 Å². The highest BCUT2D eigenvalue weighted by atomic mass is 32.2. The van der Waals surface area contributed by atoms with Crippen LogP contribution < -0.4 is 5.32 Å². The van der Waals surface area contributed by atoms with Crippen molar-refractivity contribution in [1.82, 2.24) is 9.62 Å². The molecule has 1 saturated heterocycles. The molecule has 1 heterocycles. The second-order valence-electron chi connectivity index (χ2n) is 4.78. The highest BCUT2D eigenvalue weighted by molar-refractivity contribution is 7.89. The average molecular weight is 264 g/mol. The van der Waals surface area contributed by atoms with E-state index in [-0.39, 0.29) is 17.9 Å². The Balaban J connectivity index is 2.75. The third kappa shape index (κ3) is 3.91. The van der Waals surface area contributed by atoms with Gasteiger partial charge in [-0.3, -0.25) is 0 Å². The molecule has 0 aliphatic carbocycles. The van der Waals surface area contributed by atoms with Gasteiger partial charge in [0.25, 0.3) is 0 Å². The Labute approximate surface area is 104 Å². The fourth-order valence-electron chi connectivity index (χ4n) is 2.19. The summed E-state index contributed by atoms with van der Waals surface area (Å²) in [6, 6.07) is -0.0403. The number of nitrogens with one attached hydrogen (secondary N) is 1. The fraction of sp³-hybridized carbons (Fsp3) is 1.00. The molecule has 0 radical (unpaired) electrons. The van der Waals surface area contributed by atoms with Gasteiger partial charge in [-0.05, 0) is 46.2 Å². The van der Waals surface area contributed by atoms with E-state index in [4.69, 9.17) is 5.11 Å². The number of sulfonamides is 1. The van der Waals surface area contributed by atoms with Crippen LogP contribution in [-0.2, 0) is 10.0 Å². The number of piperidine rings is 1. The summed E-state index contributed by atoms with van der Waals surface area (Å²) < 4.78 is 26.4. The molecule has 6 heteroatoms. The van der Waals surface area contributed by atoms with Crippen molar-refractivity contribution >= 4 is 10.0 Å². The monoisotopic (exact) mass is 264 g/mol. The first-order valence-electron chi connectivity index (χ1n) is 6.32. The zero-order valence-electron chi connectivity index (χ0n) is 10.7. The Hall–Kier alpha value is -0.170. The van der Waals surface area contributed by atoms with Crippen molar-refractivity contribution in [3.05, 3.63) is 0 Å². The molecule has 0 aromatic rings. The van der Waals surface area contributed by atoms with Crippen LogP contribution in [0.2, 0.25) is 0 Å². The second-order valence-corrected chi connectivity index (χ2v) is 6.94. The first-order valence-corrected chi connectivity index (χ1v) is 7.82. The van der Waals surface area contributed by atoms with E-state index in [1.807, 2.05) is 13.8 Å². The molecular formula is C11H24N2O3S. The zero-order chi connectivity index (χ0) is 12.9. The highest BCUT2D eigenvalue weighted by Crippen LogP contribution is 2.20. The summed E-state index contributed by atoms with van der Waals surface area (Å²) in [5, 5.41) is 11.8. The summed E-state index contributed by atoms with van der Waals surface area (Å²) >= 11 is 0. The Kier molecular flexibility index (Phi) is 5.85. The van der Waals surface area contributed by atoms with E-state index >= 15 is 0 Å². The first-order chi connectivity index (χ1) is 8.00. The maximum atomic E-state index is 12.4. The molecule has 5 nitrogen and oxygen atoms in total. The van der Waals surface area contributed by atoms with Crippen molar-refractivity contribution < 1.29 is 13.5 Å². The molecule has 0 atom stereocenters. The summed E-state index contributed by atoms with van der Waals surface area (Å²) in [5.41, 5.74) is 0. The van der Waals surface area contributed by atoms with E-state index in [1.54, 1.807) is 4.31 Å². The van der Waals surface area contributed by atoms with Crippen molar-refractivity contribution in [1.29, 1.82) is 0 Å². The van der Waals surface area contributed by atoms with Crippen LogP contribution in [0.25, 0.3) is 0 Å². The molecule has 0 aromatic heterocycles. The third-order valence-electron chi connectivity index (χ3n) is 3.15. The minimum atomic E-state index is -3.21. The SMILES string of the molecule is CC(C)N(CCCO)S(=O)(=O)C1CCNCC1. The van der Waals surface area contributed by atoms with E-state index in [9.17, 15) is 8.42 Å². The van der Waals surface area contributed by atoms with Gasteiger partial charge in [-0.25, -0.2) is 8.42 Å². The molecule has 1 rings (SSSR count). The minimum Gasteiger partial charge on any atom is -0.396 e. The van der Waals surface area contributed by atoms with Crippen LogP contribution in [0, 0.1) is 0 Å². The number of hydrogen-bond donors (Lipinski definition) is 2. The van der Waals surface area contributed by atoms with Gasteiger partial charge < -0.3 is 10.4 Å². The predicted octanol–water partition coefficient (Wildman–Crippen LogP) is 0.161. The molecule has 17 heavy (non-hydrogen) atoms. The Morgan fingerprint density at radius 3 is 2.41 bits per heavy atom. The minimum absolute atomic E-state index is 0.0327. The van der Waals surface area contributed by atoms with Crippen LogP contribution in [0.5, 0.6) is 0 Å². The Bertz CT molecular complexity index is 311. The molecule has 0 aromatic carbocycles.